The molecule has 1 aromatic heterocycles. The molecule has 3 heterocycles. The summed E-state index contributed by atoms with van der Waals surface area (Å²) in [7, 11) is 0. The number of hydrogen-bond donors (Lipinski definition) is 0. The first kappa shape index (κ1) is 16.6. The lowest BCUT2D eigenvalue weighted by atomic mass is 9.92. The fourth-order valence-corrected chi connectivity index (χ4v) is 3.10. The molecule has 1 atom stereocenters. The average Bonchev–Trinajstić information content (AvgIpc) is 2.47. The van der Waals surface area contributed by atoms with Crippen LogP contribution in [-0.2, 0) is 21.4 Å². The number of ether oxygens (including phenoxy) is 2. The van der Waals surface area contributed by atoms with E-state index in [0.717, 1.165) is 25.3 Å². The lowest BCUT2D eigenvalue weighted by Crippen LogP contribution is -2.53. The number of nitrogens with zero attached hydrogens (tertiary/aromatic N) is 3. The summed E-state index contributed by atoms with van der Waals surface area (Å²) in [4.78, 5) is 14.4. The van der Waals surface area contributed by atoms with E-state index in [0.29, 0.717) is 32.3 Å². The Kier molecular flexibility index (Phi) is 4.85. The van der Waals surface area contributed by atoms with Crippen LogP contribution in [0.1, 0.15) is 26.5 Å². The largest absolute Gasteiger partial charge is 0.376 e. The Hall–Kier alpha value is -1.24. The molecule has 0 aliphatic carbocycles. The van der Waals surface area contributed by atoms with E-state index in [1.54, 1.807) is 10.7 Å². The lowest BCUT2D eigenvalue weighted by molar-refractivity contribution is -0.107. The molecule has 0 amide bonds. The van der Waals surface area contributed by atoms with E-state index in [4.69, 9.17) is 9.47 Å². The smallest absolute Gasteiger partial charge is 0.266 e. The molecule has 0 radical (unpaired) electrons. The summed E-state index contributed by atoms with van der Waals surface area (Å²) >= 11 is 0. The van der Waals surface area contributed by atoms with Crippen molar-refractivity contribution < 1.29 is 9.47 Å². The average molecular weight is 321 g/mol. The summed E-state index contributed by atoms with van der Waals surface area (Å²) in [5.74, 6) is 0.486. The molecule has 2 aliphatic rings. The number of aromatic nitrogens is 2. The summed E-state index contributed by atoms with van der Waals surface area (Å²) in [6.07, 6.45) is 0.190. The van der Waals surface area contributed by atoms with Crippen molar-refractivity contribution in [1.29, 1.82) is 0 Å². The van der Waals surface area contributed by atoms with Crippen molar-refractivity contribution >= 4 is 0 Å². The predicted molar refractivity (Wildman–Crippen MR) is 87.7 cm³/mol. The van der Waals surface area contributed by atoms with Gasteiger partial charge in [0.2, 0.25) is 0 Å². The van der Waals surface area contributed by atoms with Gasteiger partial charge in [-0.1, -0.05) is 20.8 Å². The second kappa shape index (κ2) is 6.71. The Morgan fingerprint density at radius 1 is 1.22 bits per heavy atom. The van der Waals surface area contributed by atoms with Crippen LogP contribution < -0.4 is 5.56 Å². The van der Waals surface area contributed by atoms with Crippen LogP contribution in [0.25, 0.3) is 0 Å². The van der Waals surface area contributed by atoms with Crippen LogP contribution in [0.4, 0.5) is 0 Å². The highest BCUT2D eigenvalue weighted by atomic mass is 16.6. The Morgan fingerprint density at radius 2 is 2.00 bits per heavy atom. The zero-order valence-corrected chi connectivity index (χ0v) is 14.3. The maximum Gasteiger partial charge on any atom is 0.266 e. The number of hydrogen-bond acceptors (Lipinski definition) is 5. The molecule has 0 N–H and O–H groups in total. The first-order valence-corrected chi connectivity index (χ1v) is 8.42. The van der Waals surface area contributed by atoms with Gasteiger partial charge in [0.15, 0.2) is 0 Å². The molecule has 0 aromatic carbocycles. The van der Waals surface area contributed by atoms with E-state index in [-0.39, 0.29) is 17.1 Å². The molecule has 0 bridgehead atoms. The Balaban J connectivity index is 1.52. The Labute approximate surface area is 137 Å². The summed E-state index contributed by atoms with van der Waals surface area (Å²) in [5, 5.41) is 4.55. The first-order valence-electron chi connectivity index (χ1n) is 8.42. The zero-order valence-electron chi connectivity index (χ0n) is 14.3. The molecule has 1 unspecified atom stereocenters. The number of rotatable bonds is 4. The molecule has 0 spiro atoms. The standard InChI is InChI=1S/C17H27N3O3/c1-17(2,3)15-4-5-16(21)20(18-15)10-13-8-19(9-13)11-14-12-22-6-7-23-14/h4-5,13-14H,6-12H2,1-3H3. The van der Waals surface area contributed by atoms with Gasteiger partial charge >= 0.3 is 0 Å². The summed E-state index contributed by atoms with van der Waals surface area (Å²) < 4.78 is 12.7. The topological polar surface area (TPSA) is 56.6 Å². The van der Waals surface area contributed by atoms with Crippen molar-refractivity contribution in [2.45, 2.75) is 38.8 Å². The first-order chi connectivity index (χ1) is 10.9. The molecule has 3 rings (SSSR count). The van der Waals surface area contributed by atoms with Gasteiger partial charge < -0.3 is 9.47 Å². The van der Waals surface area contributed by atoms with Gasteiger partial charge in [0, 0.05) is 37.0 Å². The van der Waals surface area contributed by atoms with Crippen molar-refractivity contribution in [3.8, 4) is 0 Å². The molecule has 2 aliphatic heterocycles. The third kappa shape index (κ3) is 4.19. The molecular weight excluding hydrogens is 294 g/mol. The molecule has 128 valence electrons. The maximum absolute atomic E-state index is 12.0. The van der Waals surface area contributed by atoms with Crippen LogP contribution in [0.3, 0.4) is 0 Å². The molecule has 6 nitrogen and oxygen atoms in total. The highest BCUT2D eigenvalue weighted by Gasteiger charge is 2.30. The third-order valence-corrected chi connectivity index (χ3v) is 4.45. The molecule has 0 saturated carbocycles. The molecular formula is C17H27N3O3. The van der Waals surface area contributed by atoms with Crippen LogP contribution >= 0.6 is 0 Å². The second-order valence-corrected chi connectivity index (χ2v) is 7.64. The van der Waals surface area contributed by atoms with Gasteiger partial charge in [-0.15, -0.1) is 0 Å². The van der Waals surface area contributed by atoms with Gasteiger partial charge in [-0.05, 0) is 6.07 Å². The van der Waals surface area contributed by atoms with Gasteiger partial charge in [0.05, 0.1) is 38.2 Å². The predicted octanol–water partition coefficient (Wildman–Crippen LogP) is 0.888. The van der Waals surface area contributed by atoms with E-state index in [9.17, 15) is 4.79 Å². The van der Waals surface area contributed by atoms with Gasteiger partial charge in [-0.2, -0.15) is 5.10 Å². The van der Waals surface area contributed by atoms with Crippen molar-refractivity contribution in [2.75, 3.05) is 39.5 Å². The summed E-state index contributed by atoms with van der Waals surface area (Å²) in [5.41, 5.74) is 0.904. The van der Waals surface area contributed by atoms with Gasteiger partial charge in [-0.25, -0.2) is 4.68 Å². The molecule has 2 saturated heterocycles. The van der Waals surface area contributed by atoms with Crippen LogP contribution in [0.15, 0.2) is 16.9 Å². The fourth-order valence-electron chi connectivity index (χ4n) is 3.10. The highest BCUT2D eigenvalue weighted by molar-refractivity contribution is 5.10. The van der Waals surface area contributed by atoms with Crippen LogP contribution in [-0.4, -0.2) is 60.2 Å². The van der Waals surface area contributed by atoms with Gasteiger partial charge in [-0.3, -0.25) is 9.69 Å². The molecule has 23 heavy (non-hydrogen) atoms. The minimum Gasteiger partial charge on any atom is -0.376 e. The normalized spacial score (nSPS) is 23.7. The Bertz CT molecular complexity index is 581. The molecule has 2 fully saturated rings. The summed E-state index contributed by atoms with van der Waals surface area (Å²) in [6, 6.07) is 3.48. The third-order valence-electron chi connectivity index (χ3n) is 4.45. The monoisotopic (exact) mass is 321 g/mol. The molecule has 6 heteroatoms. The van der Waals surface area contributed by atoms with Crippen molar-refractivity contribution in [3.05, 3.63) is 28.2 Å². The lowest BCUT2D eigenvalue weighted by Gasteiger charge is -2.41. The van der Waals surface area contributed by atoms with Crippen molar-refractivity contribution in [2.24, 2.45) is 5.92 Å². The van der Waals surface area contributed by atoms with Gasteiger partial charge in [0.1, 0.15) is 0 Å². The minimum absolute atomic E-state index is 0.0135. The van der Waals surface area contributed by atoms with Crippen molar-refractivity contribution in [1.82, 2.24) is 14.7 Å². The van der Waals surface area contributed by atoms with E-state index in [1.807, 2.05) is 6.07 Å². The summed E-state index contributed by atoms with van der Waals surface area (Å²) in [6.45, 7) is 12.0. The SMILES string of the molecule is CC(C)(C)c1ccc(=O)n(CC2CN(CC3COCCO3)C2)n1. The number of likely N-dealkylation sites (tertiary alicyclic amines) is 1. The van der Waals surface area contributed by atoms with E-state index >= 15 is 0 Å². The van der Waals surface area contributed by atoms with Crippen molar-refractivity contribution in [3.63, 3.8) is 0 Å². The van der Waals surface area contributed by atoms with Crippen LogP contribution in [0, 0.1) is 5.92 Å². The Morgan fingerprint density at radius 3 is 2.65 bits per heavy atom. The van der Waals surface area contributed by atoms with Gasteiger partial charge in [0.25, 0.3) is 5.56 Å². The van der Waals surface area contributed by atoms with Crippen LogP contribution in [0.5, 0.6) is 0 Å². The zero-order chi connectivity index (χ0) is 16.4. The van der Waals surface area contributed by atoms with E-state index in [2.05, 4.69) is 30.8 Å². The maximum atomic E-state index is 12.0. The minimum atomic E-state index is -0.0422. The quantitative estimate of drug-likeness (QED) is 0.824. The van der Waals surface area contributed by atoms with Crippen LogP contribution in [0.2, 0.25) is 0 Å². The molecule has 1 aromatic rings. The fraction of sp³-hybridized carbons (Fsp3) is 0.765. The van der Waals surface area contributed by atoms with E-state index in [1.165, 1.54) is 0 Å². The van der Waals surface area contributed by atoms with E-state index < -0.39 is 0 Å². The highest BCUT2D eigenvalue weighted by Crippen LogP contribution is 2.20. The second-order valence-electron chi connectivity index (χ2n) is 7.64.